The maximum absolute atomic E-state index is 12.5. The average molecular weight is 560 g/mol. The molecule has 0 unspecified atom stereocenters. The molecule has 0 bridgehead atoms. The van der Waals surface area contributed by atoms with E-state index in [0.29, 0.717) is 29.4 Å². The Kier molecular flexibility index (Phi) is 10.2. The lowest BCUT2D eigenvalue weighted by Gasteiger charge is -2.28. The molecule has 2 amide bonds. The van der Waals surface area contributed by atoms with Crippen molar-refractivity contribution in [3.63, 3.8) is 0 Å². The number of hydrogen-bond acceptors (Lipinski definition) is 6. The molecule has 3 rings (SSSR count). The number of amides is 2. The lowest BCUT2D eigenvalue weighted by atomic mass is 9.78. The highest BCUT2D eigenvalue weighted by molar-refractivity contribution is 5.92. The van der Waals surface area contributed by atoms with E-state index in [1.807, 2.05) is 12.1 Å². The lowest BCUT2D eigenvalue weighted by molar-refractivity contribution is -0.121. The number of aryl methyl sites for hydroxylation is 1. The van der Waals surface area contributed by atoms with E-state index in [0.717, 1.165) is 22.3 Å². The molecule has 0 saturated carbocycles. The number of hydrogen-bond donors (Lipinski definition) is 3. The first-order chi connectivity index (χ1) is 19.3. The third-order valence-corrected chi connectivity index (χ3v) is 6.45. The van der Waals surface area contributed by atoms with Crippen LogP contribution in [0.1, 0.15) is 70.2 Å². The molecule has 0 saturated heterocycles. The van der Waals surface area contributed by atoms with Crippen LogP contribution in [0.15, 0.2) is 65.8 Å². The molecule has 0 spiro atoms. The Morgan fingerprint density at radius 2 is 1.41 bits per heavy atom. The molecule has 3 N–H and O–H groups in total. The Balaban J connectivity index is 1.49. The fraction of sp³-hybridized carbons (Fsp3) is 0.364. The fourth-order valence-electron chi connectivity index (χ4n) is 4.15. The normalized spacial score (nSPS) is 11.8. The zero-order valence-corrected chi connectivity index (χ0v) is 25.0. The molecule has 0 aliphatic heterocycles. The summed E-state index contributed by atoms with van der Waals surface area (Å²) in [7, 11) is 1.58. The van der Waals surface area contributed by atoms with Crippen LogP contribution in [0.5, 0.6) is 17.2 Å². The zero-order valence-electron chi connectivity index (χ0n) is 25.0. The van der Waals surface area contributed by atoms with Crippen LogP contribution in [0.2, 0.25) is 0 Å². The lowest BCUT2D eigenvalue weighted by Crippen LogP contribution is -2.20. The molecule has 3 aromatic rings. The van der Waals surface area contributed by atoms with Crippen molar-refractivity contribution in [2.24, 2.45) is 5.10 Å². The predicted molar refractivity (Wildman–Crippen MR) is 163 cm³/mol. The summed E-state index contributed by atoms with van der Waals surface area (Å²) in [6, 6.07) is 18.0. The smallest absolute Gasteiger partial charge is 0.262 e. The van der Waals surface area contributed by atoms with Gasteiger partial charge in [0.2, 0.25) is 5.91 Å². The van der Waals surface area contributed by atoms with Crippen molar-refractivity contribution in [3.05, 3.63) is 82.9 Å². The van der Waals surface area contributed by atoms with E-state index < -0.39 is 0 Å². The van der Waals surface area contributed by atoms with E-state index in [2.05, 4.69) is 57.4 Å². The number of nitrogens with one attached hydrogen (secondary N) is 2. The van der Waals surface area contributed by atoms with Gasteiger partial charge in [-0.25, -0.2) is 5.43 Å². The molecule has 41 heavy (non-hydrogen) atoms. The van der Waals surface area contributed by atoms with Crippen molar-refractivity contribution in [1.29, 1.82) is 0 Å². The van der Waals surface area contributed by atoms with Gasteiger partial charge >= 0.3 is 0 Å². The Morgan fingerprint density at radius 3 is 1.95 bits per heavy atom. The second-order valence-electron chi connectivity index (χ2n) is 12.0. The number of anilines is 1. The van der Waals surface area contributed by atoms with Crippen LogP contribution in [-0.2, 0) is 26.8 Å². The second kappa shape index (κ2) is 13.4. The van der Waals surface area contributed by atoms with Gasteiger partial charge < -0.3 is 19.9 Å². The van der Waals surface area contributed by atoms with Crippen LogP contribution in [0, 0.1) is 0 Å². The minimum Gasteiger partial charge on any atom is -0.507 e. The van der Waals surface area contributed by atoms with E-state index in [4.69, 9.17) is 9.47 Å². The number of aromatic hydroxyl groups is 1. The number of ether oxygens (including phenoxy) is 2. The highest BCUT2D eigenvalue weighted by Crippen LogP contribution is 2.40. The molecular formula is C33H41N3O5. The number of benzene rings is 3. The van der Waals surface area contributed by atoms with Crippen molar-refractivity contribution >= 4 is 23.7 Å². The van der Waals surface area contributed by atoms with Crippen LogP contribution >= 0.6 is 0 Å². The molecule has 0 fully saturated rings. The van der Waals surface area contributed by atoms with Gasteiger partial charge in [0.1, 0.15) is 17.2 Å². The number of hydrazone groups is 1. The largest absolute Gasteiger partial charge is 0.507 e. The van der Waals surface area contributed by atoms with Gasteiger partial charge in [-0.3, -0.25) is 9.59 Å². The quantitative estimate of drug-likeness (QED) is 0.206. The predicted octanol–water partition coefficient (Wildman–Crippen LogP) is 6.10. The van der Waals surface area contributed by atoms with Crippen LogP contribution in [0.3, 0.4) is 0 Å². The van der Waals surface area contributed by atoms with Gasteiger partial charge in [0.15, 0.2) is 6.61 Å². The number of methoxy groups -OCH3 is 1. The number of nitrogens with zero attached hydrogens (tertiary/aromatic N) is 1. The second-order valence-corrected chi connectivity index (χ2v) is 12.0. The third kappa shape index (κ3) is 9.38. The molecule has 0 aliphatic carbocycles. The number of carbonyl (C=O) groups excluding carboxylic acids is 2. The van der Waals surface area contributed by atoms with Gasteiger partial charge in [0, 0.05) is 12.1 Å². The summed E-state index contributed by atoms with van der Waals surface area (Å²) in [5.41, 5.74) is 6.31. The Hall–Kier alpha value is -4.33. The summed E-state index contributed by atoms with van der Waals surface area (Å²) in [6.07, 6.45) is 2.35. The molecule has 0 radical (unpaired) electrons. The van der Waals surface area contributed by atoms with Crippen molar-refractivity contribution in [2.45, 2.75) is 65.2 Å². The van der Waals surface area contributed by atoms with Gasteiger partial charge in [-0.2, -0.15) is 5.10 Å². The maximum Gasteiger partial charge on any atom is 0.262 e. The summed E-state index contributed by atoms with van der Waals surface area (Å²) >= 11 is 0. The topological polar surface area (TPSA) is 109 Å². The van der Waals surface area contributed by atoms with Crippen LogP contribution in [-0.4, -0.2) is 36.9 Å². The number of phenols is 1. The summed E-state index contributed by atoms with van der Waals surface area (Å²) in [5.74, 6) is 1.10. The van der Waals surface area contributed by atoms with Gasteiger partial charge in [-0.05, 0) is 88.0 Å². The first-order valence-electron chi connectivity index (χ1n) is 13.6. The Morgan fingerprint density at radius 1 is 0.854 bits per heavy atom. The molecule has 8 heteroatoms. The van der Waals surface area contributed by atoms with E-state index in [9.17, 15) is 14.7 Å². The number of rotatable bonds is 10. The van der Waals surface area contributed by atoms with Gasteiger partial charge in [-0.15, -0.1) is 0 Å². The van der Waals surface area contributed by atoms with Gasteiger partial charge in [-0.1, -0.05) is 53.7 Å². The van der Waals surface area contributed by atoms with E-state index in [-0.39, 0.29) is 35.7 Å². The number of carbonyl (C=O) groups is 2. The van der Waals surface area contributed by atoms with Crippen molar-refractivity contribution in [3.8, 4) is 17.2 Å². The van der Waals surface area contributed by atoms with Gasteiger partial charge in [0.05, 0.1) is 13.3 Å². The Labute approximate surface area is 242 Å². The number of phenolic OH excluding ortho intramolecular Hbond substituents is 1. The zero-order chi connectivity index (χ0) is 30.2. The van der Waals surface area contributed by atoms with E-state index in [1.165, 1.54) is 0 Å². The standard InChI is InChI=1S/C33H41N3O5/c1-32(2,3)27-18-23(19-28(31(27)39)33(4,5)6)10-17-29(37)36-34-20-22-8-13-26(14-9-22)41-21-30(38)35-24-11-15-25(40-7)16-12-24/h8-9,11-16,18-20,39H,10,17,21H2,1-7H3,(H,35,38)(H,36,37)/b34-20-. The fourth-order valence-corrected chi connectivity index (χ4v) is 4.15. The Bertz CT molecular complexity index is 1330. The van der Waals surface area contributed by atoms with Crippen molar-refractivity contribution in [1.82, 2.24) is 5.43 Å². The molecule has 218 valence electrons. The maximum atomic E-state index is 12.5. The highest BCUT2D eigenvalue weighted by Gasteiger charge is 2.26. The first-order valence-corrected chi connectivity index (χ1v) is 13.6. The monoisotopic (exact) mass is 559 g/mol. The summed E-state index contributed by atoms with van der Waals surface area (Å²) in [5, 5.41) is 17.7. The minimum atomic E-state index is -0.278. The van der Waals surface area contributed by atoms with E-state index in [1.54, 1.807) is 61.9 Å². The van der Waals surface area contributed by atoms with Crippen LogP contribution < -0.4 is 20.2 Å². The summed E-state index contributed by atoms with van der Waals surface area (Å²) in [4.78, 5) is 24.6. The molecule has 0 atom stereocenters. The van der Waals surface area contributed by atoms with E-state index >= 15 is 0 Å². The van der Waals surface area contributed by atoms with Crippen molar-refractivity contribution < 1.29 is 24.2 Å². The molecule has 8 nitrogen and oxygen atoms in total. The SMILES string of the molecule is COc1ccc(NC(=O)COc2ccc(/C=N\NC(=O)CCc3cc(C(C)(C)C)c(O)c(C(C)(C)C)c3)cc2)cc1. The molecule has 0 aliphatic rings. The van der Waals surface area contributed by atoms with Crippen molar-refractivity contribution in [2.75, 3.05) is 19.0 Å². The minimum absolute atomic E-state index is 0.134. The summed E-state index contributed by atoms with van der Waals surface area (Å²) < 4.78 is 10.7. The highest BCUT2D eigenvalue weighted by atomic mass is 16.5. The summed E-state index contributed by atoms with van der Waals surface area (Å²) in [6.45, 7) is 12.3. The van der Waals surface area contributed by atoms with Crippen LogP contribution in [0.4, 0.5) is 5.69 Å². The molecule has 0 aromatic heterocycles. The van der Waals surface area contributed by atoms with Crippen LogP contribution in [0.25, 0.3) is 0 Å². The first kappa shape index (κ1) is 31.2. The third-order valence-electron chi connectivity index (χ3n) is 6.45. The molecular weight excluding hydrogens is 518 g/mol. The van der Waals surface area contributed by atoms with Gasteiger partial charge in [0.25, 0.3) is 5.91 Å². The molecule has 0 heterocycles. The molecule has 3 aromatic carbocycles. The average Bonchev–Trinajstić information content (AvgIpc) is 2.91.